The van der Waals surface area contributed by atoms with E-state index < -0.39 is 0 Å². The van der Waals surface area contributed by atoms with Crippen molar-refractivity contribution in [3.8, 4) is 0 Å². The molecule has 0 saturated carbocycles. The quantitative estimate of drug-likeness (QED) is 0.801. The number of H-pyrrole nitrogens is 1. The van der Waals surface area contributed by atoms with Crippen molar-refractivity contribution in [1.82, 2.24) is 35.3 Å². The molecule has 1 amide bonds. The maximum atomic E-state index is 12.0. The van der Waals surface area contributed by atoms with Crippen molar-refractivity contribution < 1.29 is 4.79 Å². The summed E-state index contributed by atoms with van der Waals surface area (Å²) in [4.78, 5) is 13.7. The van der Waals surface area contributed by atoms with Crippen LogP contribution in [0.25, 0.3) is 0 Å². The first-order valence-corrected chi connectivity index (χ1v) is 7.03. The topological polar surface area (TPSA) is 92.6 Å². The van der Waals surface area contributed by atoms with Gasteiger partial charge in [-0.05, 0) is 42.7 Å². The van der Waals surface area contributed by atoms with E-state index in [-0.39, 0.29) is 5.91 Å². The van der Waals surface area contributed by atoms with Gasteiger partial charge in [-0.1, -0.05) is 0 Å². The van der Waals surface area contributed by atoms with Crippen LogP contribution in [-0.4, -0.2) is 54.8 Å². The zero-order chi connectivity index (χ0) is 15.2. The van der Waals surface area contributed by atoms with Crippen LogP contribution in [0.3, 0.4) is 0 Å². The lowest BCUT2D eigenvalue weighted by Crippen LogP contribution is -2.28. The number of tetrazole rings is 1. The summed E-state index contributed by atoms with van der Waals surface area (Å²) in [5.41, 5.74) is 3.41. The van der Waals surface area contributed by atoms with E-state index in [2.05, 4.69) is 25.7 Å². The first-order valence-electron chi connectivity index (χ1n) is 7.03. The maximum Gasteiger partial charge on any atom is 0.224 e. The Bertz CT molecular complexity index is 556. The highest BCUT2D eigenvalue weighted by Crippen LogP contribution is 2.12. The number of nitrogens with one attached hydrogen (secondary N) is 1. The number of rotatable bonds is 7. The smallest absolute Gasteiger partial charge is 0.224 e. The second-order valence-electron chi connectivity index (χ2n) is 5.15. The Balaban J connectivity index is 1.71. The molecule has 1 N–H and O–H groups in total. The van der Waals surface area contributed by atoms with E-state index >= 15 is 0 Å². The van der Waals surface area contributed by atoms with E-state index in [9.17, 15) is 4.79 Å². The lowest BCUT2D eigenvalue weighted by Gasteiger charge is -2.17. The van der Waals surface area contributed by atoms with Crippen LogP contribution < -0.4 is 0 Å². The van der Waals surface area contributed by atoms with Crippen molar-refractivity contribution in [2.24, 2.45) is 0 Å². The Kier molecular flexibility index (Phi) is 5.02. The van der Waals surface area contributed by atoms with Crippen LogP contribution in [0.4, 0.5) is 0 Å². The van der Waals surface area contributed by atoms with Crippen LogP contribution in [0.2, 0.25) is 0 Å². The highest BCUT2D eigenvalue weighted by molar-refractivity contribution is 5.75. The van der Waals surface area contributed by atoms with Gasteiger partial charge in [-0.15, -0.1) is 5.10 Å². The summed E-state index contributed by atoms with van der Waals surface area (Å²) in [6, 6.07) is 0. The third kappa shape index (κ3) is 4.11. The van der Waals surface area contributed by atoms with Gasteiger partial charge in [-0.3, -0.25) is 9.89 Å². The van der Waals surface area contributed by atoms with Crippen LogP contribution in [0.15, 0.2) is 6.33 Å². The van der Waals surface area contributed by atoms with Gasteiger partial charge < -0.3 is 4.90 Å². The predicted octanol–water partition coefficient (Wildman–Crippen LogP) is 0.494. The summed E-state index contributed by atoms with van der Waals surface area (Å²) in [6.07, 6.45) is 3.77. The molecular formula is C13H21N7O. The molecule has 0 spiro atoms. The zero-order valence-corrected chi connectivity index (χ0v) is 12.7. The summed E-state index contributed by atoms with van der Waals surface area (Å²) in [6.45, 7) is 5.27. The predicted molar refractivity (Wildman–Crippen MR) is 76.5 cm³/mol. The van der Waals surface area contributed by atoms with E-state index in [1.165, 1.54) is 11.9 Å². The second kappa shape index (κ2) is 6.96. The van der Waals surface area contributed by atoms with E-state index in [0.29, 0.717) is 13.0 Å². The highest BCUT2D eigenvalue weighted by Gasteiger charge is 2.11. The van der Waals surface area contributed by atoms with Gasteiger partial charge in [0, 0.05) is 25.7 Å². The fourth-order valence-corrected chi connectivity index (χ4v) is 2.24. The molecule has 0 aromatic carbocycles. The van der Waals surface area contributed by atoms with Gasteiger partial charge in [0.2, 0.25) is 5.91 Å². The molecule has 2 heterocycles. The molecule has 8 nitrogen and oxygen atoms in total. The third-order valence-electron chi connectivity index (χ3n) is 3.57. The van der Waals surface area contributed by atoms with Crippen LogP contribution in [0.5, 0.6) is 0 Å². The van der Waals surface area contributed by atoms with Gasteiger partial charge in [0.25, 0.3) is 0 Å². The first kappa shape index (κ1) is 15.1. The van der Waals surface area contributed by atoms with Crippen molar-refractivity contribution in [3.63, 3.8) is 0 Å². The number of nitrogens with zero attached hydrogens (tertiary/aromatic N) is 6. The van der Waals surface area contributed by atoms with E-state index in [4.69, 9.17) is 0 Å². The zero-order valence-electron chi connectivity index (χ0n) is 12.7. The summed E-state index contributed by atoms with van der Waals surface area (Å²) in [7, 11) is 1.83. The molecule has 0 fully saturated rings. The Hall–Kier alpha value is -2.25. The van der Waals surface area contributed by atoms with Gasteiger partial charge in [0.15, 0.2) is 0 Å². The fourth-order valence-electron chi connectivity index (χ4n) is 2.24. The molecule has 0 aliphatic rings. The lowest BCUT2D eigenvalue weighted by atomic mass is 10.1. The van der Waals surface area contributed by atoms with Gasteiger partial charge in [-0.2, -0.15) is 5.10 Å². The number of hydrogen-bond donors (Lipinski definition) is 1. The van der Waals surface area contributed by atoms with Crippen molar-refractivity contribution in [2.75, 3.05) is 13.6 Å². The summed E-state index contributed by atoms with van der Waals surface area (Å²) in [5.74, 6) is 0.103. The molecule has 2 aromatic heterocycles. The molecular weight excluding hydrogens is 270 g/mol. The van der Waals surface area contributed by atoms with Gasteiger partial charge >= 0.3 is 0 Å². The number of carbonyl (C=O) groups is 1. The largest absolute Gasteiger partial charge is 0.346 e. The normalized spacial score (nSPS) is 10.8. The Labute approximate surface area is 123 Å². The average molecular weight is 291 g/mol. The molecule has 0 aliphatic heterocycles. The number of aryl methyl sites for hydroxylation is 3. The Morgan fingerprint density at radius 1 is 1.43 bits per heavy atom. The van der Waals surface area contributed by atoms with Gasteiger partial charge in [0.05, 0.1) is 12.2 Å². The average Bonchev–Trinajstić information content (AvgIpc) is 3.09. The standard InChI is InChI=1S/C13H21N7O/c1-10-12(11(2)16-15-10)5-4-7-19(3)13(21)6-8-20-9-14-17-18-20/h9H,4-8H2,1-3H3,(H,15,16). The number of hydrogen-bond acceptors (Lipinski definition) is 5. The van der Waals surface area contributed by atoms with Crippen molar-refractivity contribution >= 4 is 5.91 Å². The Morgan fingerprint density at radius 3 is 2.86 bits per heavy atom. The molecule has 2 aromatic rings. The molecule has 0 unspecified atom stereocenters. The van der Waals surface area contributed by atoms with Gasteiger partial charge in [0.1, 0.15) is 6.33 Å². The molecule has 2 rings (SSSR count). The van der Waals surface area contributed by atoms with Gasteiger partial charge in [-0.25, -0.2) is 4.68 Å². The van der Waals surface area contributed by atoms with Crippen LogP contribution in [0.1, 0.15) is 29.8 Å². The Morgan fingerprint density at radius 2 is 2.24 bits per heavy atom. The number of carbonyl (C=O) groups excluding carboxylic acids is 1. The summed E-state index contributed by atoms with van der Waals surface area (Å²) < 4.78 is 1.56. The molecule has 0 atom stereocenters. The van der Waals surface area contributed by atoms with E-state index in [0.717, 1.165) is 30.8 Å². The van der Waals surface area contributed by atoms with Crippen molar-refractivity contribution in [2.45, 2.75) is 39.7 Å². The van der Waals surface area contributed by atoms with E-state index in [1.54, 1.807) is 9.58 Å². The third-order valence-corrected chi connectivity index (χ3v) is 3.57. The fraction of sp³-hybridized carbons (Fsp3) is 0.615. The van der Waals surface area contributed by atoms with E-state index in [1.807, 2.05) is 20.9 Å². The molecule has 114 valence electrons. The van der Waals surface area contributed by atoms with Crippen LogP contribution >= 0.6 is 0 Å². The second-order valence-corrected chi connectivity index (χ2v) is 5.15. The molecule has 8 heteroatoms. The van der Waals surface area contributed by atoms with Crippen LogP contribution in [0, 0.1) is 13.8 Å². The van der Waals surface area contributed by atoms with Crippen molar-refractivity contribution in [3.05, 3.63) is 23.3 Å². The molecule has 0 radical (unpaired) electrons. The molecule has 21 heavy (non-hydrogen) atoms. The number of aromatic nitrogens is 6. The monoisotopic (exact) mass is 291 g/mol. The first-order chi connectivity index (χ1) is 10.1. The summed E-state index contributed by atoms with van der Waals surface area (Å²) in [5, 5.41) is 18.0. The molecule has 0 aliphatic carbocycles. The lowest BCUT2D eigenvalue weighted by molar-refractivity contribution is -0.130. The molecule has 0 bridgehead atoms. The van der Waals surface area contributed by atoms with Crippen LogP contribution in [-0.2, 0) is 17.8 Å². The minimum atomic E-state index is 0.103. The van der Waals surface area contributed by atoms with Crippen molar-refractivity contribution in [1.29, 1.82) is 0 Å². The maximum absolute atomic E-state index is 12.0. The summed E-state index contributed by atoms with van der Waals surface area (Å²) >= 11 is 0. The minimum absolute atomic E-state index is 0.103. The number of amides is 1. The minimum Gasteiger partial charge on any atom is -0.346 e. The number of aromatic amines is 1. The SMILES string of the molecule is Cc1n[nH]c(C)c1CCCN(C)C(=O)CCn1cnnn1. The highest BCUT2D eigenvalue weighted by atomic mass is 16.2. The molecule has 0 saturated heterocycles.